The summed E-state index contributed by atoms with van der Waals surface area (Å²) in [5, 5.41) is 13.2. The van der Waals surface area contributed by atoms with E-state index in [-0.39, 0.29) is 5.92 Å². The normalized spacial score (nSPS) is 24.1. The zero-order valence-corrected chi connectivity index (χ0v) is 10.8. The van der Waals surface area contributed by atoms with Crippen molar-refractivity contribution in [1.82, 2.24) is 0 Å². The predicted octanol–water partition coefficient (Wildman–Crippen LogP) is 4.14. The molecule has 17 heavy (non-hydrogen) atoms. The molecular weight excluding hydrogens is 232 g/mol. The van der Waals surface area contributed by atoms with Gasteiger partial charge in [-0.3, -0.25) is 0 Å². The average molecular weight is 249 g/mol. The molecule has 90 valence electrons. The topological polar surface area (TPSA) is 35.8 Å². The molecule has 1 saturated carbocycles. The molecule has 0 saturated heterocycles. The molecule has 0 aliphatic heterocycles. The van der Waals surface area contributed by atoms with Gasteiger partial charge in [0.2, 0.25) is 0 Å². The average Bonchev–Trinajstić information content (AvgIpc) is 2.34. The molecule has 2 rings (SSSR count). The fraction of sp³-hybridized carbons (Fsp3) is 0.500. The summed E-state index contributed by atoms with van der Waals surface area (Å²) in [5.74, 6) is 0.263. The summed E-state index contributed by atoms with van der Waals surface area (Å²) < 4.78 is 0. The number of anilines is 1. The minimum Gasteiger partial charge on any atom is -0.382 e. The van der Waals surface area contributed by atoms with E-state index in [2.05, 4.69) is 18.3 Å². The predicted molar refractivity (Wildman–Crippen MR) is 71.2 cm³/mol. The monoisotopic (exact) mass is 248 g/mol. The fourth-order valence-corrected chi connectivity index (χ4v) is 2.60. The Kier molecular flexibility index (Phi) is 3.91. The third-order valence-corrected chi connectivity index (χ3v) is 3.69. The maximum Gasteiger partial charge on any atom is 0.0655 e. The first-order valence-corrected chi connectivity index (χ1v) is 6.49. The van der Waals surface area contributed by atoms with E-state index in [9.17, 15) is 0 Å². The molecule has 0 atom stereocenters. The van der Waals surface area contributed by atoms with Gasteiger partial charge in [0.15, 0.2) is 0 Å². The first kappa shape index (κ1) is 12.3. The van der Waals surface area contributed by atoms with Crippen LogP contribution in [0.4, 0.5) is 5.69 Å². The van der Waals surface area contributed by atoms with Gasteiger partial charge in [-0.05, 0) is 56.4 Å². The standard InChI is InChI=1S/C14H17ClN2/c1-10-8-12(15)4-7-14(10)17-13-5-2-11(9-16)3-6-13/h4,7-8,11,13,17H,2-3,5-6H2,1H3. The highest BCUT2D eigenvalue weighted by atomic mass is 35.5. The molecule has 0 amide bonds. The van der Waals surface area contributed by atoms with Crippen molar-refractivity contribution in [2.45, 2.75) is 38.6 Å². The maximum atomic E-state index is 8.86. The van der Waals surface area contributed by atoms with Crippen LogP contribution in [0.5, 0.6) is 0 Å². The van der Waals surface area contributed by atoms with Crippen molar-refractivity contribution < 1.29 is 0 Å². The summed E-state index contributed by atoms with van der Waals surface area (Å²) in [6, 6.07) is 8.79. The quantitative estimate of drug-likeness (QED) is 0.854. The Bertz CT molecular complexity index is 428. The Morgan fingerprint density at radius 1 is 1.29 bits per heavy atom. The molecule has 0 spiro atoms. The van der Waals surface area contributed by atoms with E-state index < -0.39 is 0 Å². The zero-order valence-electron chi connectivity index (χ0n) is 10.0. The van der Waals surface area contributed by atoms with Crippen LogP contribution in [0.3, 0.4) is 0 Å². The second-order valence-corrected chi connectivity index (χ2v) is 5.22. The van der Waals surface area contributed by atoms with Gasteiger partial charge in [0, 0.05) is 22.7 Å². The summed E-state index contributed by atoms with van der Waals surface area (Å²) in [6.45, 7) is 2.06. The lowest BCUT2D eigenvalue weighted by molar-refractivity contribution is 0.397. The van der Waals surface area contributed by atoms with Crippen molar-refractivity contribution in [2.75, 3.05) is 5.32 Å². The molecule has 1 aromatic carbocycles. The second kappa shape index (κ2) is 5.42. The molecule has 0 aromatic heterocycles. The van der Waals surface area contributed by atoms with E-state index in [1.807, 2.05) is 18.2 Å². The van der Waals surface area contributed by atoms with Crippen LogP contribution in [-0.4, -0.2) is 6.04 Å². The van der Waals surface area contributed by atoms with E-state index in [1.165, 1.54) is 5.56 Å². The lowest BCUT2D eigenvalue weighted by Crippen LogP contribution is -2.25. The van der Waals surface area contributed by atoms with Crippen LogP contribution in [0.1, 0.15) is 31.2 Å². The summed E-state index contributed by atoms with van der Waals surface area (Å²) in [6.07, 6.45) is 4.20. The van der Waals surface area contributed by atoms with E-state index >= 15 is 0 Å². The number of nitriles is 1. The van der Waals surface area contributed by atoms with Gasteiger partial charge in [0.25, 0.3) is 0 Å². The SMILES string of the molecule is Cc1cc(Cl)ccc1NC1CCC(C#N)CC1. The first-order chi connectivity index (χ1) is 8.19. The molecule has 0 unspecified atom stereocenters. The van der Waals surface area contributed by atoms with E-state index in [1.54, 1.807) is 0 Å². The van der Waals surface area contributed by atoms with Crippen LogP contribution in [-0.2, 0) is 0 Å². The Labute approximate surface area is 108 Å². The highest BCUT2D eigenvalue weighted by Crippen LogP contribution is 2.27. The van der Waals surface area contributed by atoms with Gasteiger partial charge in [-0.2, -0.15) is 5.26 Å². The number of halogens is 1. The van der Waals surface area contributed by atoms with Crippen LogP contribution in [0.25, 0.3) is 0 Å². The Morgan fingerprint density at radius 3 is 2.59 bits per heavy atom. The minimum atomic E-state index is 0.263. The number of hydrogen-bond acceptors (Lipinski definition) is 2. The highest BCUT2D eigenvalue weighted by Gasteiger charge is 2.20. The van der Waals surface area contributed by atoms with Crippen LogP contribution in [0, 0.1) is 24.2 Å². The van der Waals surface area contributed by atoms with Crippen LogP contribution < -0.4 is 5.32 Å². The van der Waals surface area contributed by atoms with Gasteiger partial charge in [0.05, 0.1) is 6.07 Å². The fourth-order valence-electron chi connectivity index (χ4n) is 2.38. The first-order valence-electron chi connectivity index (χ1n) is 6.11. The second-order valence-electron chi connectivity index (χ2n) is 4.78. The Hall–Kier alpha value is -1.20. The molecule has 1 aromatic rings. The molecule has 1 N–H and O–H groups in total. The number of nitrogens with zero attached hydrogens (tertiary/aromatic N) is 1. The third-order valence-electron chi connectivity index (χ3n) is 3.46. The van der Waals surface area contributed by atoms with Crippen LogP contribution >= 0.6 is 11.6 Å². The van der Waals surface area contributed by atoms with E-state index in [4.69, 9.17) is 16.9 Å². The Balaban J connectivity index is 1.96. The van der Waals surface area contributed by atoms with Crippen molar-refractivity contribution in [1.29, 1.82) is 5.26 Å². The number of benzene rings is 1. The number of hydrogen-bond donors (Lipinski definition) is 1. The van der Waals surface area contributed by atoms with Crippen molar-refractivity contribution >= 4 is 17.3 Å². The van der Waals surface area contributed by atoms with Crippen LogP contribution in [0.15, 0.2) is 18.2 Å². The summed E-state index contributed by atoms with van der Waals surface area (Å²) >= 11 is 5.93. The molecule has 2 nitrogen and oxygen atoms in total. The van der Waals surface area contributed by atoms with Crippen LogP contribution in [0.2, 0.25) is 5.02 Å². The molecule has 1 fully saturated rings. The summed E-state index contributed by atoms with van der Waals surface area (Å²) in [5.41, 5.74) is 2.34. The maximum absolute atomic E-state index is 8.86. The van der Waals surface area contributed by atoms with Gasteiger partial charge in [-0.1, -0.05) is 11.6 Å². The van der Waals surface area contributed by atoms with Crippen molar-refractivity contribution in [2.24, 2.45) is 5.92 Å². The molecule has 0 radical (unpaired) electrons. The number of aryl methyl sites for hydroxylation is 1. The number of rotatable bonds is 2. The van der Waals surface area contributed by atoms with Gasteiger partial charge in [-0.15, -0.1) is 0 Å². The third kappa shape index (κ3) is 3.14. The highest BCUT2D eigenvalue weighted by molar-refractivity contribution is 6.30. The van der Waals surface area contributed by atoms with Gasteiger partial charge >= 0.3 is 0 Å². The molecule has 1 aliphatic carbocycles. The molecule has 0 heterocycles. The Morgan fingerprint density at radius 2 is 2.00 bits per heavy atom. The summed E-state index contributed by atoms with van der Waals surface area (Å²) in [4.78, 5) is 0. The van der Waals surface area contributed by atoms with Gasteiger partial charge in [-0.25, -0.2) is 0 Å². The zero-order chi connectivity index (χ0) is 12.3. The summed E-state index contributed by atoms with van der Waals surface area (Å²) in [7, 11) is 0. The molecular formula is C14H17ClN2. The molecule has 3 heteroatoms. The van der Waals surface area contributed by atoms with E-state index in [0.29, 0.717) is 6.04 Å². The van der Waals surface area contributed by atoms with Crippen molar-refractivity contribution in [3.8, 4) is 6.07 Å². The molecule has 0 bridgehead atoms. The lowest BCUT2D eigenvalue weighted by Gasteiger charge is -2.27. The number of nitrogens with one attached hydrogen (secondary N) is 1. The van der Waals surface area contributed by atoms with Crippen molar-refractivity contribution in [3.05, 3.63) is 28.8 Å². The van der Waals surface area contributed by atoms with Gasteiger partial charge < -0.3 is 5.32 Å². The lowest BCUT2D eigenvalue weighted by atomic mass is 9.87. The largest absolute Gasteiger partial charge is 0.382 e. The minimum absolute atomic E-state index is 0.263. The van der Waals surface area contributed by atoms with Crippen molar-refractivity contribution in [3.63, 3.8) is 0 Å². The molecule has 1 aliphatic rings. The van der Waals surface area contributed by atoms with E-state index in [0.717, 1.165) is 36.4 Å². The smallest absolute Gasteiger partial charge is 0.0655 e. The van der Waals surface area contributed by atoms with Gasteiger partial charge in [0.1, 0.15) is 0 Å².